The molecule has 0 aliphatic heterocycles. The number of fused-ring (bicyclic) bond motifs is 5. The molecule has 5 heteroatoms. The summed E-state index contributed by atoms with van der Waals surface area (Å²) >= 11 is 0. The van der Waals surface area contributed by atoms with Gasteiger partial charge in [-0.25, -0.2) is 0 Å². The molecule has 2 N–H and O–H groups in total. The van der Waals surface area contributed by atoms with Crippen molar-refractivity contribution >= 4 is 11.9 Å². The standard InChI is InChI=1S/C28H46O5/c1-6-19-23-15-18(30)11-13-28(23,5)22-12-14-27(4)20(16(2)7-10-24(31)32)8-9-21(27)25(22)26(19)33-17(3)29/h16,18-23,25-26,30H,6-15H2,1-5H3,(H,31,32)/t16-,18-,19-,20-,21+,22+,23?,25+,26-,27-,28-/m1/s1. The Bertz CT molecular complexity index is 751. The molecule has 4 rings (SSSR count). The van der Waals surface area contributed by atoms with Crippen molar-refractivity contribution in [3.05, 3.63) is 0 Å². The molecular formula is C28H46O5. The van der Waals surface area contributed by atoms with Crippen molar-refractivity contribution in [2.45, 2.75) is 111 Å². The fourth-order valence-electron chi connectivity index (χ4n) is 9.81. The molecular weight excluding hydrogens is 416 g/mol. The van der Waals surface area contributed by atoms with Crippen LogP contribution in [-0.2, 0) is 14.3 Å². The molecule has 1 unspecified atom stereocenters. The Hall–Kier alpha value is -1.10. The summed E-state index contributed by atoms with van der Waals surface area (Å²) in [6.07, 6.45) is 9.18. The van der Waals surface area contributed by atoms with E-state index in [0.717, 1.165) is 51.4 Å². The zero-order chi connectivity index (χ0) is 24.1. The number of esters is 1. The molecule has 188 valence electrons. The highest BCUT2D eigenvalue weighted by Crippen LogP contribution is 2.70. The molecule has 5 nitrogen and oxygen atoms in total. The molecule has 0 aromatic heterocycles. The van der Waals surface area contributed by atoms with Gasteiger partial charge in [-0.2, -0.15) is 0 Å². The number of aliphatic hydroxyl groups excluding tert-OH is 1. The molecule has 33 heavy (non-hydrogen) atoms. The number of hydrogen-bond donors (Lipinski definition) is 2. The van der Waals surface area contributed by atoms with Gasteiger partial charge in [0.25, 0.3) is 0 Å². The third-order valence-electron chi connectivity index (χ3n) is 11.2. The predicted octanol–water partition coefficient (Wildman–Crippen LogP) is 5.68. The second-order valence-electron chi connectivity index (χ2n) is 12.6. The first kappa shape index (κ1) is 25.0. The Balaban J connectivity index is 1.69. The lowest BCUT2D eigenvalue weighted by Gasteiger charge is -2.65. The Morgan fingerprint density at radius 2 is 1.70 bits per heavy atom. The van der Waals surface area contributed by atoms with Crippen molar-refractivity contribution in [2.24, 2.45) is 52.3 Å². The van der Waals surface area contributed by atoms with Gasteiger partial charge in [0.1, 0.15) is 6.10 Å². The zero-order valence-electron chi connectivity index (χ0n) is 21.4. The quantitative estimate of drug-likeness (QED) is 0.496. The number of carbonyl (C=O) groups excluding carboxylic acids is 1. The van der Waals surface area contributed by atoms with Crippen LogP contribution in [0.4, 0.5) is 0 Å². The lowest BCUT2D eigenvalue weighted by atomic mass is 9.41. The minimum Gasteiger partial charge on any atom is -0.481 e. The molecule has 4 aliphatic carbocycles. The highest BCUT2D eigenvalue weighted by atomic mass is 16.5. The average molecular weight is 463 g/mol. The van der Waals surface area contributed by atoms with Gasteiger partial charge in [-0.15, -0.1) is 0 Å². The Labute approximate surface area is 200 Å². The van der Waals surface area contributed by atoms with Gasteiger partial charge >= 0.3 is 11.9 Å². The maximum Gasteiger partial charge on any atom is 0.303 e. The Morgan fingerprint density at radius 3 is 2.33 bits per heavy atom. The Morgan fingerprint density at radius 1 is 1.03 bits per heavy atom. The predicted molar refractivity (Wildman–Crippen MR) is 127 cm³/mol. The van der Waals surface area contributed by atoms with E-state index in [0.29, 0.717) is 41.4 Å². The maximum absolute atomic E-state index is 12.3. The molecule has 4 aliphatic rings. The number of carboxylic acid groups (broad SMARTS) is 1. The van der Waals surface area contributed by atoms with Gasteiger partial charge in [0.2, 0.25) is 0 Å². The smallest absolute Gasteiger partial charge is 0.303 e. The highest BCUT2D eigenvalue weighted by Gasteiger charge is 2.65. The van der Waals surface area contributed by atoms with Crippen LogP contribution < -0.4 is 0 Å². The van der Waals surface area contributed by atoms with Crippen LogP contribution in [-0.4, -0.2) is 34.4 Å². The van der Waals surface area contributed by atoms with E-state index in [4.69, 9.17) is 4.74 Å². The SMILES string of the molecule is CC[C@@H]1C2C[C@H](O)CC[C@]2(C)[C@H]2CC[C@]3(C)[C@@H]([C@H](C)CCC(=O)O)CC[C@H]3[C@@H]2[C@@H]1OC(C)=O. The van der Waals surface area contributed by atoms with Gasteiger partial charge in [0.15, 0.2) is 0 Å². The van der Waals surface area contributed by atoms with E-state index in [1.807, 2.05) is 0 Å². The highest BCUT2D eigenvalue weighted by molar-refractivity contribution is 5.66. The summed E-state index contributed by atoms with van der Waals surface area (Å²) in [5.74, 6) is 2.23. The molecule has 0 amide bonds. The second kappa shape index (κ2) is 9.17. The normalized spacial score (nSPS) is 47.7. The lowest BCUT2D eigenvalue weighted by molar-refractivity contribution is -0.217. The van der Waals surface area contributed by atoms with E-state index in [2.05, 4.69) is 27.7 Å². The van der Waals surface area contributed by atoms with Crippen molar-refractivity contribution in [1.82, 2.24) is 0 Å². The van der Waals surface area contributed by atoms with Gasteiger partial charge < -0.3 is 14.9 Å². The van der Waals surface area contributed by atoms with E-state index < -0.39 is 5.97 Å². The largest absolute Gasteiger partial charge is 0.481 e. The molecule has 0 aromatic rings. The molecule has 0 aromatic carbocycles. The number of carbonyl (C=O) groups is 2. The summed E-state index contributed by atoms with van der Waals surface area (Å²) in [6, 6.07) is 0. The van der Waals surface area contributed by atoms with E-state index in [1.54, 1.807) is 6.92 Å². The molecule has 0 radical (unpaired) electrons. The molecule has 0 bridgehead atoms. The van der Waals surface area contributed by atoms with Crippen molar-refractivity contribution < 1.29 is 24.5 Å². The molecule has 0 saturated heterocycles. The summed E-state index contributed by atoms with van der Waals surface area (Å²) < 4.78 is 6.22. The summed E-state index contributed by atoms with van der Waals surface area (Å²) in [7, 11) is 0. The van der Waals surface area contributed by atoms with Crippen LogP contribution in [0.3, 0.4) is 0 Å². The molecule has 4 saturated carbocycles. The van der Waals surface area contributed by atoms with Crippen LogP contribution in [0, 0.1) is 52.3 Å². The fourth-order valence-corrected chi connectivity index (χ4v) is 9.81. The van der Waals surface area contributed by atoms with E-state index in [1.165, 1.54) is 6.42 Å². The topological polar surface area (TPSA) is 83.8 Å². The van der Waals surface area contributed by atoms with Gasteiger partial charge in [-0.05, 0) is 104 Å². The summed E-state index contributed by atoms with van der Waals surface area (Å²) in [6.45, 7) is 11.0. The van der Waals surface area contributed by atoms with Crippen LogP contribution in [0.5, 0.6) is 0 Å². The van der Waals surface area contributed by atoms with Crippen LogP contribution in [0.1, 0.15) is 98.8 Å². The van der Waals surface area contributed by atoms with Gasteiger partial charge in [-0.3, -0.25) is 9.59 Å². The van der Waals surface area contributed by atoms with E-state index in [9.17, 15) is 19.8 Å². The van der Waals surface area contributed by atoms with Crippen molar-refractivity contribution in [3.8, 4) is 0 Å². The number of aliphatic hydroxyl groups is 1. The first-order valence-electron chi connectivity index (χ1n) is 13.6. The summed E-state index contributed by atoms with van der Waals surface area (Å²) in [5, 5.41) is 19.8. The average Bonchev–Trinajstić information content (AvgIpc) is 3.10. The van der Waals surface area contributed by atoms with Crippen LogP contribution in [0.25, 0.3) is 0 Å². The monoisotopic (exact) mass is 462 g/mol. The van der Waals surface area contributed by atoms with Crippen molar-refractivity contribution in [3.63, 3.8) is 0 Å². The number of aliphatic carboxylic acids is 1. The summed E-state index contributed by atoms with van der Waals surface area (Å²) in [5.41, 5.74) is 0.392. The van der Waals surface area contributed by atoms with E-state index in [-0.39, 0.29) is 35.4 Å². The first-order valence-corrected chi connectivity index (χ1v) is 13.6. The third kappa shape index (κ3) is 4.15. The Kier molecular flexibility index (Phi) is 6.95. The van der Waals surface area contributed by atoms with Crippen molar-refractivity contribution in [1.29, 1.82) is 0 Å². The molecule has 4 fully saturated rings. The van der Waals surface area contributed by atoms with Crippen LogP contribution in [0.15, 0.2) is 0 Å². The summed E-state index contributed by atoms with van der Waals surface area (Å²) in [4.78, 5) is 23.5. The number of rotatable bonds is 6. The van der Waals surface area contributed by atoms with Gasteiger partial charge in [-0.1, -0.05) is 27.7 Å². The number of ether oxygens (including phenoxy) is 1. The van der Waals surface area contributed by atoms with Gasteiger partial charge in [0.05, 0.1) is 6.10 Å². The minimum atomic E-state index is -0.697. The minimum absolute atomic E-state index is 0.0569. The zero-order valence-corrected chi connectivity index (χ0v) is 21.4. The lowest BCUT2D eigenvalue weighted by Crippen LogP contribution is -2.63. The third-order valence-corrected chi connectivity index (χ3v) is 11.2. The second-order valence-corrected chi connectivity index (χ2v) is 12.6. The number of hydrogen-bond acceptors (Lipinski definition) is 4. The molecule has 0 spiro atoms. The number of carboxylic acids is 1. The maximum atomic E-state index is 12.3. The molecule has 11 atom stereocenters. The first-order chi connectivity index (χ1) is 15.5. The van der Waals surface area contributed by atoms with Crippen LogP contribution in [0.2, 0.25) is 0 Å². The molecule has 0 heterocycles. The van der Waals surface area contributed by atoms with Crippen LogP contribution >= 0.6 is 0 Å². The fraction of sp³-hybridized carbons (Fsp3) is 0.929. The van der Waals surface area contributed by atoms with E-state index >= 15 is 0 Å². The van der Waals surface area contributed by atoms with Crippen molar-refractivity contribution in [2.75, 3.05) is 0 Å². The van der Waals surface area contributed by atoms with Gasteiger partial charge in [0, 0.05) is 19.3 Å².